The number of amides is 1. The first-order valence-corrected chi connectivity index (χ1v) is 17.1. The predicted molar refractivity (Wildman–Crippen MR) is 192 cm³/mol. The van der Waals surface area contributed by atoms with E-state index in [4.69, 9.17) is 5.73 Å². The van der Waals surface area contributed by atoms with Crippen molar-refractivity contribution in [2.45, 2.75) is 89.5 Å². The van der Waals surface area contributed by atoms with E-state index in [0.717, 1.165) is 71.2 Å². The fraction of sp³-hybridized carbons (Fsp3) is 0.513. The van der Waals surface area contributed by atoms with Crippen LogP contribution >= 0.6 is 0 Å². The first-order valence-electron chi connectivity index (χ1n) is 17.1. The normalized spacial score (nSPS) is 19.2. The van der Waals surface area contributed by atoms with E-state index < -0.39 is 0 Å². The van der Waals surface area contributed by atoms with E-state index in [2.05, 4.69) is 134 Å². The maximum Gasteiger partial charge on any atom is 0.219 e. The smallest absolute Gasteiger partial charge is 0.219 e. The second-order valence-corrected chi connectivity index (χ2v) is 13.7. The molecular weight excluding hydrogens is 554 g/mol. The molecule has 0 aromatic heterocycles. The Bertz CT molecular complexity index is 1340. The van der Waals surface area contributed by atoms with E-state index in [1.165, 1.54) is 28.2 Å². The molecule has 45 heavy (non-hydrogen) atoms. The molecule has 1 unspecified atom stereocenters. The number of rotatable bonds is 17. The number of hydrogen-bond donors (Lipinski definition) is 3. The van der Waals surface area contributed by atoms with Gasteiger partial charge in [-0.1, -0.05) is 94.8 Å². The Morgan fingerprint density at radius 1 is 0.822 bits per heavy atom. The number of allylic oxidation sites excluding steroid dienone is 5. The number of fused-ring (bicyclic) bond motifs is 2. The summed E-state index contributed by atoms with van der Waals surface area (Å²) in [4.78, 5) is 17.2. The number of nitrogens with one attached hydrogen (secondary N) is 2. The number of nitrogens with two attached hydrogens (primary N) is 1. The van der Waals surface area contributed by atoms with Crippen molar-refractivity contribution in [1.29, 1.82) is 0 Å². The minimum Gasteiger partial charge on any atom is -0.364 e. The zero-order valence-electron chi connectivity index (χ0n) is 28.4. The van der Waals surface area contributed by atoms with Crippen LogP contribution in [0.2, 0.25) is 0 Å². The Morgan fingerprint density at radius 2 is 1.51 bits per heavy atom. The van der Waals surface area contributed by atoms with E-state index in [1.54, 1.807) is 0 Å². The van der Waals surface area contributed by atoms with Crippen molar-refractivity contribution in [1.82, 2.24) is 10.6 Å². The van der Waals surface area contributed by atoms with Gasteiger partial charge in [0.05, 0.1) is 6.04 Å². The fourth-order valence-electron chi connectivity index (χ4n) is 7.04. The molecule has 0 spiro atoms. The van der Waals surface area contributed by atoms with E-state index >= 15 is 0 Å². The van der Waals surface area contributed by atoms with Crippen molar-refractivity contribution < 1.29 is 4.79 Å². The Labute approximate surface area is 272 Å². The average molecular weight is 612 g/mol. The molecule has 2 aliphatic heterocycles. The molecule has 0 fully saturated rings. The molecule has 2 aromatic carbocycles. The van der Waals surface area contributed by atoms with Crippen molar-refractivity contribution >= 4 is 17.3 Å². The van der Waals surface area contributed by atoms with Crippen LogP contribution in [0.1, 0.15) is 83.8 Å². The van der Waals surface area contributed by atoms with Gasteiger partial charge in [-0.05, 0) is 81.1 Å². The van der Waals surface area contributed by atoms with Crippen LogP contribution < -0.4 is 26.2 Å². The van der Waals surface area contributed by atoms with Gasteiger partial charge >= 0.3 is 0 Å². The number of carbonyl (C=O) groups is 1. The largest absolute Gasteiger partial charge is 0.364 e. The van der Waals surface area contributed by atoms with E-state index in [1.807, 2.05) is 0 Å². The highest BCUT2D eigenvalue weighted by atomic mass is 16.1. The van der Waals surface area contributed by atoms with Gasteiger partial charge in [0.2, 0.25) is 5.91 Å². The average Bonchev–Trinajstić information content (AvgIpc) is 3.36. The van der Waals surface area contributed by atoms with Gasteiger partial charge in [-0.25, -0.2) is 0 Å². The van der Waals surface area contributed by atoms with Crippen LogP contribution in [0.3, 0.4) is 0 Å². The first kappa shape index (κ1) is 34.5. The molecule has 4 rings (SSSR count). The molecule has 0 saturated carbocycles. The third-order valence-corrected chi connectivity index (χ3v) is 9.66. The number of carbonyl (C=O) groups excluding carboxylic acids is 1. The summed E-state index contributed by atoms with van der Waals surface area (Å²) >= 11 is 0. The second-order valence-electron chi connectivity index (χ2n) is 13.7. The summed E-state index contributed by atoms with van der Waals surface area (Å²) in [6.07, 6.45) is 18.0. The molecule has 0 saturated heterocycles. The Morgan fingerprint density at radius 3 is 2.27 bits per heavy atom. The SMILES string of the molecule is CN1/C(=C/C=C/C=C/C2N(CCCCCC(=O)NCCCCNCCCN)c3ccccc3C2(C)C)C(C)(C)c2ccccc21. The summed E-state index contributed by atoms with van der Waals surface area (Å²) in [6.45, 7) is 13.8. The third-order valence-electron chi connectivity index (χ3n) is 9.66. The van der Waals surface area contributed by atoms with Gasteiger partial charge < -0.3 is 26.2 Å². The number of anilines is 2. The van der Waals surface area contributed by atoms with Crippen molar-refractivity contribution in [3.05, 3.63) is 95.7 Å². The van der Waals surface area contributed by atoms with E-state index in [0.29, 0.717) is 6.42 Å². The van der Waals surface area contributed by atoms with E-state index in [-0.39, 0.29) is 22.8 Å². The van der Waals surface area contributed by atoms with Crippen molar-refractivity contribution in [2.24, 2.45) is 5.73 Å². The lowest BCUT2D eigenvalue weighted by atomic mass is 9.80. The van der Waals surface area contributed by atoms with Crippen molar-refractivity contribution in [3.8, 4) is 0 Å². The molecular formula is C39H57N5O. The van der Waals surface area contributed by atoms with Crippen molar-refractivity contribution in [2.75, 3.05) is 49.6 Å². The Hall–Kier alpha value is -3.35. The van der Waals surface area contributed by atoms with Crippen LogP contribution in [0.5, 0.6) is 0 Å². The molecule has 2 aromatic rings. The minimum absolute atomic E-state index is 0.00846. The molecule has 1 amide bonds. The Balaban J connectivity index is 1.27. The van der Waals surface area contributed by atoms with Gasteiger partial charge in [-0.2, -0.15) is 0 Å². The van der Waals surface area contributed by atoms with Crippen LogP contribution in [0, 0.1) is 0 Å². The fourth-order valence-corrected chi connectivity index (χ4v) is 7.04. The maximum atomic E-state index is 12.3. The Kier molecular flexibility index (Phi) is 12.5. The molecule has 4 N–H and O–H groups in total. The standard InChI is InChI=1S/C39H57N5O/c1-38(2)31-19-11-13-21-33(31)43(5)35(38)23-8-6-9-24-36-39(3,4)32-20-12-14-22-34(32)44(36)30-17-7-10-25-37(45)42-29-16-15-27-41-28-18-26-40/h6,8-9,11-14,19-24,36,41H,7,10,15-18,25-30,40H2,1-5H3,(H,42,45)/b8-6+,24-9+,35-23+. The maximum absolute atomic E-state index is 12.3. The quantitative estimate of drug-likeness (QED) is 0.133. The molecule has 244 valence electrons. The predicted octanol–water partition coefficient (Wildman–Crippen LogP) is 6.97. The molecule has 6 nitrogen and oxygen atoms in total. The lowest BCUT2D eigenvalue weighted by Gasteiger charge is -2.32. The molecule has 0 bridgehead atoms. The zero-order chi connectivity index (χ0) is 32.3. The van der Waals surface area contributed by atoms with Gasteiger partial charge in [-0.3, -0.25) is 4.79 Å². The van der Waals surface area contributed by atoms with Gasteiger partial charge in [0.15, 0.2) is 0 Å². The van der Waals surface area contributed by atoms with Gasteiger partial charge in [0.1, 0.15) is 0 Å². The van der Waals surface area contributed by atoms with Crippen LogP contribution in [0.4, 0.5) is 11.4 Å². The van der Waals surface area contributed by atoms with E-state index in [9.17, 15) is 4.79 Å². The molecule has 0 aliphatic carbocycles. The molecule has 2 aliphatic rings. The third kappa shape index (κ3) is 8.47. The topological polar surface area (TPSA) is 73.6 Å². The van der Waals surface area contributed by atoms with Crippen LogP contribution in [0.15, 0.2) is 84.6 Å². The highest BCUT2D eigenvalue weighted by molar-refractivity contribution is 5.75. The van der Waals surface area contributed by atoms with Gasteiger partial charge in [0.25, 0.3) is 0 Å². The molecule has 1 atom stereocenters. The van der Waals surface area contributed by atoms with Gasteiger partial charge in [0, 0.05) is 54.5 Å². The lowest BCUT2D eigenvalue weighted by Crippen LogP contribution is -2.40. The number of nitrogens with zero attached hydrogens (tertiary/aromatic N) is 2. The minimum atomic E-state index is -0.0198. The highest BCUT2D eigenvalue weighted by Crippen LogP contribution is 2.47. The monoisotopic (exact) mass is 611 g/mol. The number of hydrogen-bond acceptors (Lipinski definition) is 5. The van der Waals surface area contributed by atoms with Crippen molar-refractivity contribution in [3.63, 3.8) is 0 Å². The summed E-state index contributed by atoms with van der Waals surface area (Å²) in [5.41, 5.74) is 12.2. The summed E-state index contributed by atoms with van der Waals surface area (Å²) in [7, 11) is 2.16. The number of para-hydroxylation sites is 2. The summed E-state index contributed by atoms with van der Waals surface area (Å²) in [6, 6.07) is 17.8. The second kappa shape index (κ2) is 16.3. The summed E-state index contributed by atoms with van der Waals surface area (Å²) < 4.78 is 0. The highest BCUT2D eigenvalue weighted by Gasteiger charge is 2.42. The lowest BCUT2D eigenvalue weighted by molar-refractivity contribution is -0.121. The van der Waals surface area contributed by atoms with Crippen LogP contribution in [-0.4, -0.2) is 51.7 Å². The van der Waals surface area contributed by atoms with Gasteiger partial charge in [-0.15, -0.1) is 0 Å². The molecule has 6 heteroatoms. The number of likely N-dealkylation sites (N-methyl/N-ethyl adjacent to an activating group) is 1. The molecule has 2 heterocycles. The molecule has 0 radical (unpaired) electrons. The summed E-state index contributed by atoms with van der Waals surface area (Å²) in [5, 5.41) is 6.48. The van der Waals surface area contributed by atoms with Crippen LogP contribution in [0.25, 0.3) is 0 Å². The first-order chi connectivity index (χ1) is 21.7. The number of benzene rings is 2. The summed E-state index contributed by atoms with van der Waals surface area (Å²) in [5.74, 6) is 0.178. The van der Waals surface area contributed by atoms with Crippen LogP contribution in [-0.2, 0) is 15.6 Å². The zero-order valence-corrected chi connectivity index (χ0v) is 28.4. The number of unbranched alkanes of at least 4 members (excludes halogenated alkanes) is 3.